The van der Waals surface area contributed by atoms with Crippen LogP contribution in [0.25, 0.3) is 6.08 Å². The van der Waals surface area contributed by atoms with Crippen LogP contribution in [0.15, 0.2) is 52.7 Å². The number of nitrogens with one attached hydrogen (secondary N) is 1. The van der Waals surface area contributed by atoms with Crippen molar-refractivity contribution in [2.24, 2.45) is 0 Å². The molecule has 0 unspecified atom stereocenters. The van der Waals surface area contributed by atoms with Gasteiger partial charge in [0.1, 0.15) is 23.2 Å². The highest BCUT2D eigenvalue weighted by Crippen LogP contribution is 2.11. The molecule has 0 saturated heterocycles. The number of hydrogen-bond donors (Lipinski definition) is 1. The van der Waals surface area contributed by atoms with Crippen LogP contribution in [0.2, 0.25) is 0 Å². The van der Waals surface area contributed by atoms with Gasteiger partial charge in [-0.3, -0.25) is 4.79 Å². The third-order valence-corrected chi connectivity index (χ3v) is 2.57. The van der Waals surface area contributed by atoms with Gasteiger partial charge in [-0.2, -0.15) is 5.26 Å². The van der Waals surface area contributed by atoms with Crippen LogP contribution in [0.5, 0.6) is 0 Å². The van der Waals surface area contributed by atoms with Crippen LogP contribution in [0.1, 0.15) is 11.3 Å². The lowest BCUT2D eigenvalue weighted by Crippen LogP contribution is -2.23. The number of halogens is 1. The van der Waals surface area contributed by atoms with Gasteiger partial charge in [0.2, 0.25) is 0 Å². The van der Waals surface area contributed by atoms with E-state index in [9.17, 15) is 9.18 Å². The zero-order valence-electron chi connectivity index (χ0n) is 10.5. The maximum absolute atomic E-state index is 13.5. The van der Waals surface area contributed by atoms with Crippen LogP contribution in [-0.4, -0.2) is 5.91 Å². The van der Waals surface area contributed by atoms with Crippen LogP contribution in [0.4, 0.5) is 4.39 Å². The number of amides is 1. The van der Waals surface area contributed by atoms with Crippen molar-refractivity contribution >= 4 is 12.0 Å². The van der Waals surface area contributed by atoms with Crippen molar-refractivity contribution in [2.75, 3.05) is 0 Å². The molecule has 0 fully saturated rings. The van der Waals surface area contributed by atoms with Crippen LogP contribution in [-0.2, 0) is 11.3 Å². The SMILES string of the molecule is N#CC(=Cc1ccccc1F)C(=O)NCc1ccco1. The Morgan fingerprint density at radius 2 is 2.15 bits per heavy atom. The predicted octanol–water partition coefficient (Wildman–Crippen LogP) is 2.64. The Morgan fingerprint density at radius 3 is 2.80 bits per heavy atom. The first kappa shape index (κ1) is 13.6. The second-order valence-corrected chi connectivity index (χ2v) is 3.95. The standard InChI is InChI=1S/C15H11FN2O2/c16-14-6-2-1-4-11(14)8-12(9-17)15(19)18-10-13-5-3-7-20-13/h1-8H,10H2,(H,18,19). The highest BCUT2D eigenvalue weighted by Gasteiger charge is 2.10. The van der Waals surface area contributed by atoms with Crippen LogP contribution in [0, 0.1) is 17.1 Å². The molecule has 0 aliphatic carbocycles. The number of furan rings is 1. The van der Waals surface area contributed by atoms with Gasteiger partial charge in [0, 0.05) is 5.56 Å². The molecule has 2 rings (SSSR count). The maximum Gasteiger partial charge on any atom is 0.262 e. The highest BCUT2D eigenvalue weighted by atomic mass is 19.1. The average molecular weight is 270 g/mol. The first-order valence-electron chi connectivity index (χ1n) is 5.87. The smallest absolute Gasteiger partial charge is 0.262 e. The largest absolute Gasteiger partial charge is 0.467 e. The summed E-state index contributed by atoms with van der Waals surface area (Å²) in [4.78, 5) is 11.8. The molecule has 20 heavy (non-hydrogen) atoms. The molecule has 1 heterocycles. The molecule has 100 valence electrons. The molecule has 0 bridgehead atoms. The highest BCUT2D eigenvalue weighted by molar-refractivity contribution is 6.01. The number of carbonyl (C=O) groups is 1. The third kappa shape index (κ3) is 3.33. The van der Waals surface area contributed by atoms with E-state index in [1.54, 1.807) is 24.3 Å². The summed E-state index contributed by atoms with van der Waals surface area (Å²) >= 11 is 0. The summed E-state index contributed by atoms with van der Waals surface area (Å²) in [7, 11) is 0. The topological polar surface area (TPSA) is 66.0 Å². The quantitative estimate of drug-likeness (QED) is 0.686. The molecule has 5 heteroatoms. The molecular formula is C15H11FN2O2. The summed E-state index contributed by atoms with van der Waals surface area (Å²) < 4.78 is 18.5. The van der Waals surface area contributed by atoms with Crippen molar-refractivity contribution in [3.8, 4) is 6.07 Å². The van der Waals surface area contributed by atoms with Gasteiger partial charge < -0.3 is 9.73 Å². The third-order valence-electron chi connectivity index (χ3n) is 2.57. The number of nitrogens with zero attached hydrogens (tertiary/aromatic N) is 1. The fourth-order valence-electron chi connectivity index (χ4n) is 1.57. The molecule has 1 aromatic carbocycles. The van der Waals surface area contributed by atoms with E-state index in [0.717, 1.165) is 0 Å². The van der Waals surface area contributed by atoms with Gasteiger partial charge in [0.15, 0.2) is 0 Å². The molecule has 0 atom stereocenters. The average Bonchev–Trinajstić information content (AvgIpc) is 2.97. The Bertz CT molecular complexity index is 669. The number of benzene rings is 1. The van der Waals surface area contributed by atoms with E-state index in [1.807, 2.05) is 0 Å². The summed E-state index contributed by atoms with van der Waals surface area (Å²) in [5.74, 6) is -0.493. The molecule has 0 aliphatic heterocycles. The van der Waals surface area contributed by atoms with Gasteiger partial charge in [-0.25, -0.2) is 4.39 Å². The van der Waals surface area contributed by atoms with Crippen LogP contribution >= 0.6 is 0 Å². The fourth-order valence-corrected chi connectivity index (χ4v) is 1.57. The Balaban J connectivity index is 2.10. The monoisotopic (exact) mass is 270 g/mol. The molecule has 4 nitrogen and oxygen atoms in total. The van der Waals surface area contributed by atoms with Gasteiger partial charge in [-0.05, 0) is 24.3 Å². The Labute approximate surface area is 115 Å². The first-order valence-corrected chi connectivity index (χ1v) is 5.87. The molecule has 0 saturated carbocycles. The summed E-state index contributed by atoms with van der Waals surface area (Å²) in [6.07, 6.45) is 2.70. The normalized spacial score (nSPS) is 10.9. The lowest BCUT2D eigenvalue weighted by atomic mass is 10.1. The molecule has 1 aromatic heterocycles. The molecule has 1 amide bonds. The van der Waals surface area contributed by atoms with Crippen molar-refractivity contribution in [2.45, 2.75) is 6.54 Å². The van der Waals surface area contributed by atoms with Crippen molar-refractivity contribution in [1.29, 1.82) is 5.26 Å². The second kappa shape index (κ2) is 6.34. The van der Waals surface area contributed by atoms with Crippen molar-refractivity contribution in [3.05, 3.63) is 65.4 Å². The Hall–Kier alpha value is -2.87. The van der Waals surface area contributed by atoms with E-state index in [1.165, 1.54) is 30.5 Å². The van der Waals surface area contributed by atoms with Crippen LogP contribution < -0.4 is 5.32 Å². The summed E-state index contributed by atoms with van der Waals surface area (Å²) in [6.45, 7) is 0.169. The molecule has 0 aliphatic rings. The van der Waals surface area contributed by atoms with Crippen molar-refractivity contribution in [1.82, 2.24) is 5.32 Å². The van der Waals surface area contributed by atoms with E-state index >= 15 is 0 Å². The van der Waals surface area contributed by atoms with Gasteiger partial charge in [0.25, 0.3) is 5.91 Å². The lowest BCUT2D eigenvalue weighted by molar-refractivity contribution is -0.117. The number of hydrogen-bond acceptors (Lipinski definition) is 3. The van der Waals surface area contributed by atoms with E-state index < -0.39 is 11.7 Å². The minimum Gasteiger partial charge on any atom is -0.467 e. The molecule has 2 aromatic rings. The van der Waals surface area contributed by atoms with Crippen molar-refractivity contribution < 1.29 is 13.6 Å². The summed E-state index contributed by atoms with van der Waals surface area (Å²) in [5, 5.41) is 11.5. The predicted molar refractivity (Wildman–Crippen MR) is 70.5 cm³/mol. The van der Waals surface area contributed by atoms with Crippen LogP contribution in [0.3, 0.4) is 0 Å². The zero-order chi connectivity index (χ0) is 14.4. The van der Waals surface area contributed by atoms with Gasteiger partial charge in [0.05, 0.1) is 12.8 Å². The van der Waals surface area contributed by atoms with E-state index in [0.29, 0.717) is 5.76 Å². The van der Waals surface area contributed by atoms with Crippen molar-refractivity contribution in [3.63, 3.8) is 0 Å². The first-order chi connectivity index (χ1) is 9.70. The minimum absolute atomic E-state index is 0.165. The van der Waals surface area contributed by atoms with E-state index in [2.05, 4.69) is 5.32 Å². The molecular weight excluding hydrogens is 259 g/mol. The van der Waals surface area contributed by atoms with Gasteiger partial charge in [-0.15, -0.1) is 0 Å². The molecule has 0 spiro atoms. The Morgan fingerprint density at radius 1 is 1.35 bits per heavy atom. The maximum atomic E-state index is 13.5. The number of carbonyl (C=O) groups excluding carboxylic acids is 1. The molecule has 1 N–H and O–H groups in total. The molecule has 0 radical (unpaired) electrons. The summed E-state index contributed by atoms with van der Waals surface area (Å²) in [6, 6.07) is 11.1. The van der Waals surface area contributed by atoms with Gasteiger partial charge >= 0.3 is 0 Å². The zero-order valence-corrected chi connectivity index (χ0v) is 10.5. The number of nitriles is 1. The fraction of sp³-hybridized carbons (Fsp3) is 0.0667. The van der Waals surface area contributed by atoms with E-state index in [-0.39, 0.29) is 17.7 Å². The minimum atomic E-state index is -0.577. The van der Waals surface area contributed by atoms with E-state index in [4.69, 9.17) is 9.68 Å². The van der Waals surface area contributed by atoms with Gasteiger partial charge in [-0.1, -0.05) is 18.2 Å². The number of rotatable bonds is 4. The second-order valence-electron chi connectivity index (χ2n) is 3.95. The lowest BCUT2D eigenvalue weighted by Gasteiger charge is -2.02. The Kier molecular flexibility index (Phi) is 4.30. The summed E-state index contributed by atoms with van der Waals surface area (Å²) in [5.41, 5.74) is 0.0267.